The highest BCUT2D eigenvalue weighted by atomic mass is 32.2. The van der Waals surface area contributed by atoms with Crippen LogP contribution in [0, 0.1) is 18.3 Å². The SMILES string of the molecule is C#CCSCCNC(=O)N(CC(=O)O)CC(C)C. The summed E-state index contributed by atoms with van der Waals surface area (Å²) in [6.45, 7) is 4.51. The van der Waals surface area contributed by atoms with Gasteiger partial charge >= 0.3 is 12.0 Å². The summed E-state index contributed by atoms with van der Waals surface area (Å²) in [4.78, 5) is 23.7. The van der Waals surface area contributed by atoms with E-state index < -0.39 is 5.97 Å². The van der Waals surface area contributed by atoms with E-state index in [9.17, 15) is 9.59 Å². The molecule has 0 aliphatic carbocycles. The van der Waals surface area contributed by atoms with Crippen LogP contribution in [0.1, 0.15) is 13.8 Å². The van der Waals surface area contributed by atoms with Crippen molar-refractivity contribution in [2.45, 2.75) is 13.8 Å². The van der Waals surface area contributed by atoms with Gasteiger partial charge in [-0.2, -0.15) is 0 Å². The average molecular weight is 272 g/mol. The Morgan fingerprint density at radius 3 is 2.67 bits per heavy atom. The fraction of sp³-hybridized carbons (Fsp3) is 0.667. The van der Waals surface area contributed by atoms with Crippen LogP contribution in [0.4, 0.5) is 4.79 Å². The zero-order valence-corrected chi connectivity index (χ0v) is 11.6. The van der Waals surface area contributed by atoms with Crippen molar-refractivity contribution in [3.05, 3.63) is 0 Å². The molecule has 102 valence electrons. The van der Waals surface area contributed by atoms with E-state index in [2.05, 4.69) is 11.2 Å². The normalized spacial score (nSPS) is 9.89. The second-order valence-corrected chi connectivity index (χ2v) is 5.26. The maximum absolute atomic E-state index is 11.7. The van der Waals surface area contributed by atoms with Gasteiger partial charge in [-0.05, 0) is 5.92 Å². The summed E-state index contributed by atoms with van der Waals surface area (Å²) < 4.78 is 0. The minimum atomic E-state index is -1.01. The lowest BCUT2D eigenvalue weighted by molar-refractivity contribution is -0.137. The third-order valence-electron chi connectivity index (χ3n) is 1.91. The molecule has 18 heavy (non-hydrogen) atoms. The largest absolute Gasteiger partial charge is 0.480 e. The van der Waals surface area contributed by atoms with E-state index in [1.165, 1.54) is 4.90 Å². The summed E-state index contributed by atoms with van der Waals surface area (Å²) in [5, 5.41) is 11.4. The molecule has 2 N–H and O–H groups in total. The number of carboxylic acids is 1. The number of hydrogen-bond acceptors (Lipinski definition) is 3. The summed E-state index contributed by atoms with van der Waals surface area (Å²) >= 11 is 1.55. The number of terminal acetylenes is 1. The van der Waals surface area contributed by atoms with Crippen molar-refractivity contribution in [3.8, 4) is 12.3 Å². The van der Waals surface area contributed by atoms with Crippen LogP contribution in [0.5, 0.6) is 0 Å². The van der Waals surface area contributed by atoms with Crippen molar-refractivity contribution in [1.82, 2.24) is 10.2 Å². The zero-order valence-electron chi connectivity index (χ0n) is 10.8. The van der Waals surface area contributed by atoms with E-state index in [0.717, 1.165) is 5.75 Å². The second-order valence-electron chi connectivity index (χ2n) is 4.16. The van der Waals surface area contributed by atoms with E-state index >= 15 is 0 Å². The first-order valence-corrected chi connectivity index (χ1v) is 6.88. The molecular formula is C12H20N2O3S. The van der Waals surface area contributed by atoms with Crippen LogP contribution < -0.4 is 5.32 Å². The number of amides is 2. The molecule has 0 aliphatic rings. The highest BCUT2D eigenvalue weighted by Gasteiger charge is 2.17. The second kappa shape index (κ2) is 9.66. The highest BCUT2D eigenvalue weighted by Crippen LogP contribution is 2.00. The summed E-state index contributed by atoms with van der Waals surface area (Å²) in [5.41, 5.74) is 0. The third-order valence-corrected chi connectivity index (χ3v) is 2.77. The molecule has 0 atom stereocenters. The number of hydrogen-bond donors (Lipinski definition) is 2. The molecule has 0 unspecified atom stereocenters. The van der Waals surface area contributed by atoms with Crippen molar-refractivity contribution in [3.63, 3.8) is 0 Å². The van der Waals surface area contributed by atoms with Gasteiger partial charge in [0.15, 0.2) is 0 Å². The van der Waals surface area contributed by atoms with Gasteiger partial charge in [0, 0.05) is 18.8 Å². The minimum Gasteiger partial charge on any atom is -0.480 e. The fourth-order valence-corrected chi connectivity index (χ4v) is 1.80. The van der Waals surface area contributed by atoms with Gasteiger partial charge in [0.1, 0.15) is 6.54 Å². The Labute approximate surface area is 112 Å². The Morgan fingerprint density at radius 2 is 2.17 bits per heavy atom. The Morgan fingerprint density at radius 1 is 1.50 bits per heavy atom. The fourth-order valence-electron chi connectivity index (χ4n) is 1.30. The molecule has 0 aromatic heterocycles. The molecule has 0 aromatic rings. The minimum absolute atomic E-state index is 0.228. The van der Waals surface area contributed by atoms with Crippen LogP contribution in [0.2, 0.25) is 0 Å². The predicted octanol–water partition coefficient (Wildman–Crippen LogP) is 1.10. The molecule has 2 amide bonds. The Balaban J connectivity index is 4.05. The molecule has 0 fully saturated rings. The summed E-state index contributed by atoms with van der Waals surface area (Å²) in [6, 6.07) is -0.340. The standard InChI is InChI=1S/C12H20N2O3S/c1-4-6-18-7-5-13-12(17)14(8-10(2)3)9-11(15)16/h1,10H,5-9H2,2-3H3,(H,13,17)(H,15,16). The summed E-state index contributed by atoms with van der Waals surface area (Å²) in [6.07, 6.45) is 5.10. The average Bonchev–Trinajstić information content (AvgIpc) is 2.26. The molecule has 0 rings (SSSR count). The molecule has 0 radical (unpaired) electrons. The van der Waals surface area contributed by atoms with Crippen LogP contribution in [-0.2, 0) is 4.79 Å². The predicted molar refractivity (Wildman–Crippen MR) is 73.6 cm³/mol. The number of carbonyl (C=O) groups is 2. The van der Waals surface area contributed by atoms with Crippen LogP contribution >= 0.6 is 11.8 Å². The molecule has 6 heteroatoms. The van der Waals surface area contributed by atoms with E-state index in [1.807, 2.05) is 13.8 Å². The van der Waals surface area contributed by atoms with Gasteiger partial charge in [-0.25, -0.2) is 4.79 Å². The Bertz CT molecular complexity index is 313. The first-order valence-electron chi connectivity index (χ1n) is 5.73. The van der Waals surface area contributed by atoms with Gasteiger partial charge in [0.05, 0.1) is 5.75 Å². The number of urea groups is 1. The number of rotatable bonds is 8. The van der Waals surface area contributed by atoms with Gasteiger partial charge in [0.2, 0.25) is 0 Å². The molecule has 5 nitrogen and oxygen atoms in total. The first-order chi connectivity index (χ1) is 8.47. The van der Waals surface area contributed by atoms with Crippen molar-refractivity contribution in [2.75, 3.05) is 31.1 Å². The summed E-state index contributed by atoms with van der Waals surface area (Å²) in [7, 11) is 0. The van der Waals surface area contributed by atoms with Gasteiger partial charge in [-0.3, -0.25) is 4.79 Å². The van der Waals surface area contributed by atoms with Crippen molar-refractivity contribution in [1.29, 1.82) is 0 Å². The number of nitrogens with one attached hydrogen (secondary N) is 1. The molecule has 0 aromatic carbocycles. The number of carbonyl (C=O) groups excluding carboxylic acids is 1. The van der Waals surface area contributed by atoms with Crippen LogP contribution in [0.25, 0.3) is 0 Å². The molecule has 0 spiro atoms. The number of aliphatic carboxylic acids is 1. The maximum Gasteiger partial charge on any atom is 0.323 e. The van der Waals surface area contributed by atoms with Crippen LogP contribution in [0.3, 0.4) is 0 Å². The van der Waals surface area contributed by atoms with Crippen LogP contribution in [0.15, 0.2) is 0 Å². The van der Waals surface area contributed by atoms with Crippen LogP contribution in [-0.4, -0.2) is 53.1 Å². The number of nitrogens with zero attached hydrogens (tertiary/aromatic N) is 1. The topological polar surface area (TPSA) is 69.6 Å². The van der Waals surface area contributed by atoms with Gasteiger partial charge in [0.25, 0.3) is 0 Å². The van der Waals surface area contributed by atoms with Crippen molar-refractivity contribution in [2.24, 2.45) is 5.92 Å². The van der Waals surface area contributed by atoms with E-state index in [-0.39, 0.29) is 18.5 Å². The quantitative estimate of drug-likeness (QED) is 0.513. The smallest absolute Gasteiger partial charge is 0.323 e. The molecule has 0 aliphatic heterocycles. The Hall–Kier alpha value is -1.35. The molecule has 0 saturated carbocycles. The molecule has 0 bridgehead atoms. The lowest BCUT2D eigenvalue weighted by atomic mass is 10.2. The lowest BCUT2D eigenvalue weighted by Crippen LogP contribution is -2.45. The monoisotopic (exact) mass is 272 g/mol. The zero-order chi connectivity index (χ0) is 14.0. The molecular weight excluding hydrogens is 252 g/mol. The first kappa shape index (κ1) is 16.6. The van der Waals surface area contributed by atoms with Gasteiger partial charge in [-0.1, -0.05) is 19.8 Å². The summed E-state index contributed by atoms with van der Waals surface area (Å²) in [5.74, 6) is 3.05. The Kier molecular flexibility index (Phi) is 8.93. The van der Waals surface area contributed by atoms with Crippen molar-refractivity contribution < 1.29 is 14.7 Å². The lowest BCUT2D eigenvalue weighted by Gasteiger charge is -2.23. The van der Waals surface area contributed by atoms with E-state index in [4.69, 9.17) is 11.5 Å². The highest BCUT2D eigenvalue weighted by molar-refractivity contribution is 7.99. The maximum atomic E-state index is 11.7. The molecule has 0 heterocycles. The van der Waals surface area contributed by atoms with Gasteiger partial charge in [-0.15, -0.1) is 18.2 Å². The van der Waals surface area contributed by atoms with Gasteiger partial charge < -0.3 is 15.3 Å². The molecule has 0 saturated heterocycles. The van der Waals surface area contributed by atoms with E-state index in [0.29, 0.717) is 18.8 Å². The number of carboxylic acid groups (broad SMARTS) is 1. The van der Waals surface area contributed by atoms with Crippen molar-refractivity contribution >= 4 is 23.8 Å². The van der Waals surface area contributed by atoms with E-state index in [1.54, 1.807) is 11.8 Å². The third kappa shape index (κ3) is 8.76. The number of thioether (sulfide) groups is 1.